The number of rotatable bonds is 6. The molecule has 0 saturated heterocycles. The van der Waals surface area contributed by atoms with Crippen LogP contribution in [0.1, 0.15) is 17.8 Å². The van der Waals surface area contributed by atoms with E-state index in [1.165, 1.54) is 0 Å². The number of aryl methyl sites for hydroxylation is 2. The Kier molecular flexibility index (Phi) is 4.84. The first-order valence-electron chi connectivity index (χ1n) is 6.72. The van der Waals surface area contributed by atoms with Crippen molar-refractivity contribution in [3.63, 3.8) is 0 Å². The standard InChI is InChI=1S/C13H16F3N5O/c1-10-3-6-18-21(10)7-2-5-17-12(22)9-20-8-4-11(19-20)13(14,15)16/h3-4,6,8H,2,5,7,9H2,1H3,(H,17,22). The van der Waals surface area contributed by atoms with Gasteiger partial charge in [-0.3, -0.25) is 14.2 Å². The summed E-state index contributed by atoms with van der Waals surface area (Å²) in [5.74, 6) is -0.381. The van der Waals surface area contributed by atoms with Gasteiger partial charge < -0.3 is 5.32 Å². The van der Waals surface area contributed by atoms with Crippen molar-refractivity contribution in [3.05, 3.63) is 35.9 Å². The molecular weight excluding hydrogens is 299 g/mol. The largest absolute Gasteiger partial charge is 0.435 e. The van der Waals surface area contributed by atoms with Crippen LogP contribution >= 0.6 is 0 Å². The fraction of sp³-hybridized carbons (Fsp3) is 0.462. The topological polar surface area (TPSA) is 64.7 Å². The van der Waals surface area contributed by atoms with E-state index in [1.54, 1.807) is 6.20 Å². The molecule has 0 aliphatic rings. The van der Waals surface area contributed by atoms with Crippen molar-refractivity contribution in [1.82, 2.24) is 24.9 Å². The van der Waals surface area contributed by atoms with Crippen LogP contribution in [0.15, 0.2) is 24.5 Å². The van der Waals surface area contributed by atoms with Gasteiger partial charge in [0.2, 0.25) is 5.91 Å². The van der Waals surface area contributed by atoms with Crippen LogP contribution < -0.4 is 5.32 Å². The number of hydrogen-bond acceptors (Lipinski definition) is 3. The molecule has 0 bridgehead atoms. The SMILES string of the molecule is Cc1ccnn1CCCNC(=O)Cn1ccc(C(F)(F)F)n1. The summed E-state index contributed by atoms with van der Waals surface area (Å²) in [7, 11) is 0. The molecule has 120 valence electrons. The molecule has 0 aliphatic heterocycles. The van der Waals surface area contributed by atoms with Crippen molar-refractivity contribution in [2.75, 3.05) is 6.54 Å². The van der Waals surface area contributed by atoms with Gasteiger partial charge in [-0.25, -0.2) is 0 Å². The second kappa shape index (κ2) is 6.63. The molecule has 0 spiro atoms. The highest BCUT2D eigenvalue weighted by molar-refractivity contribution is 5.75. The monoisotopic (exact) mass is 315 g/mol. The molecule has 0 radical (unpaired) electrons. The summed E-state index contributed by atoms with van der Waals surface area (Å²) in [5, 5.41) is 10.1. The summed E-state index contributed by atoms with van der Waals surface area (Å²) in [6, 6.07) is 2.72. The molecular formula is C13H16F3N5O. The Labute approximate surface area is 124 Å². The van der Waals surface area contributed by atoms with Crippen molar-refractivity contribution in [3.8, 4) is 0 Å². The van der Waals surface area contributed by atoms with Crippen molar-refractivity contribution in [2.24, 2.45) is 0 Å². The first-order valence-corrected chi connectivity index (χ1v) is 6.72. The van der Waals surface area contributed by atoms with E-state index in [9.17, 15) is 18.0 Å². The van der Waals surface area contributed by atoms with Crippen LogP contribution in [0.4, 0.5) is 13.2 Å². The summed E-state index contributed by atoms with van der Waals surface area (Å²) >= 11 is 0. The van der Waals surface area contributed by atoms with Crippen molar-refractivity contribution < 1.29 is 18.0 Å². The quantitative estimate of drug-likeness (QED) is 0.824. The number of carbonyl (C=O) groups excluding carboxylic acids is 1. The van der Waals surface area contributed by atoms with Crippen LogP contribution in [0.2, 0.25) is 0 Å². The van der Waals surface area contributed by atoms with E-state index in [0.29, 0.717) is 19.5 Å². The van der Waals surface area contributed by atoms with Gasteiger partial charge in [-0.1, -0.05) is 0 Å². The van der Waals surface area contributed by atoms with Crippen LogP contribution in [-0.4, -0.2) is 32.0 Å². The molecule has 2 aromatic heterocycles. The predicted molar refractivity (Wildman–Crippen MR) is 71.8 cm³/mol. The number of carbonyl (C=O) groups is 1. The fourth-order valence-electron chi connectivity index (χ4n) is 1.89. The van der Waals surface area contributed by atoms with Crippen molar-refractivity contribution in [1.29, 1.82) is 0 Å². The second-order valence-corrected chi connectivity index (χ2v) is 4.80. The summed E-state index contributed by atoms with van der Waals surface area (Å²) in [4.78, 5) is 11.6. The Morgan fingerprint density at radius 3 is 2.73 bits per heavy atom. The summed E-state index contributed by atoms with van der Waals surface area (Å²) < 4.78 is 39.9. The zero-order valence-corrected chi connectivity index (χ0v) is 12.0. The molecule has 22 heavy (non-hydrogen) atoms. The molecule has 1 amide bonds. The lowest BCUT2D eigenvalue weighted by Crippen LogP contribution is -2.29. The van der Waals surface area contributed by atoms with E-state index < -0.39 is 11.9 Å². The number of alkyl halides is 3. The molecule has 2 rings (SSSR count). The molecule has 0 fully saturated rings. The highest BCUT2D eigenvalue weighted by atomic mass is 19.4. The van der Waals surface area contributed by atoms with Gasteiger partial charge in [0.25, 0.3) is 0 Å². The Bertz CT molecular complexity index is 632. The van der Waals surface area contributed by atoms with Gasteiger partial charge in [-0.2, -0.15) is 23.4 Å². The Morgan fingerprint density at radius 1 is 1.36 bits per heavy atom. The molecule has 6 nitrogen and oxygen atoms in total. The average Bonchev–Trinajstić information content (AvgIpc) is 3.04. The first kappa shape index (κ1) is 16.1. The minimum absolute atomic E-state index is 0.239. The van der Waals surface area contributed by atoms with Crippen LogP contribution in [0.5, 0.6) is 0 Å². The van der Waals surface area contributed by atoms with E-state index in [-0.39, 0.29) is 12.5 Å². The van der Waals surface area contributed by atoms with Crippen LogP contribution in [0, 0.1) is 6.92 Å². The normalized spacial score (nSPS) is 11.6. The third-order valence-electron chi connectivity index (χ3n) is 3.03. The Balaban J connectivity index is 1.72. The number of halogens is 3. The number of hydrogen-bond donors (Lipinski definition) is 1. The smallest absolute Gasteiger partial charge is 0.354 e. The van der Waals surface area contributed by atoms with E-state index in [0.717, 1.165) is 22.6 Å². The minimum atomic E-state index is -4.50. The number of nitrogens with one attached hydrogen (secondary N) is 1. The highest BCUT2D eigenvalue weighted by Gasteiger charge is 2.33. The summed E-state index contributed by atoms with van der Waals surface area (Å²) in [6.45, 7) is 2.78. The van der Waals surface area contributed by atoms with Gasteiger partial charge in [0, 0.05) is 31.2 Å². The lowest BCUT2D eigenvalue weighted by molar-refractivity contribution is -0.141. The molecule has 0 aliphatic carbocycles. The van der Waals surface area contributed by atoms with E-state index in [2.05, 4.69) is 15.5 Å². The molecule has 1 N–H and O–H groups in total. The van der Waals surface area contributed by atoms with E-state index in [1.807, 2.05) is 17.7 Å². The van der Waals surface area contributed by atoms with Gasteiger partial charge in [0.05, 0.1) is 0 Å². The van der Waals surface area contributed by atoms with Gasteiger partial charge in [0.1, 0.15) is 6.54 Å². The third kappa shape index (κ3) is 4.34. The maximum absolute atomic E-state index is 12.4. The van der Waals surface area contributed by atoms with Crippen LogP contribution in [0.25, 0.3) is 0 Å². The third-order valence-corrected chi connectivity index (χ3v) is 3.03. The zero-order valence-electron chi connectivity index (χ0n) is 12.0. The molecule has 0 saturated carbocycles. The number of amides is 1. The van der Waals surface area contributed by atoms with Crippen LogP contribution in [-0.2, 0) is 24.1 Å². The van der Waals surface area contributed by atoms with Crippen molar-refractivity contribution >= 4 is 5.91 Å². The fourth-order valence-corrected chi connectivity index (χ4v) is 1.89. The molecule has 0 unspecified atom stereocenters. The van der Waals surface area contributed by atoms with Gasteiger partial charge in [-0.15, -0.1) is 0 Å². The molecule has 0 atom stereocenters. The number of nitrogens with zero attached hydrogens (tertiary/aromatic N) is 4. The van der Waals surface area contributed by atoms with E-state index in [4.69, 9.17) is 0 Å². The molecule has 2 heterocycles. The molecule has 0 aromatic carbocycles. The van der Waals surface area contributed by atoms with Crippen molar-refractivity contribution in [2.45, 2.75) is 32.6 Å². The summed E-state index contributed by atoms with van der Waals surface area (Å²) in [6.07, 6.45) is -0.982. The lowest BCUT2D eigenvalue weighted by Gasteiger charge is -2.07. The summed E-state index contributed by atoms with van der Waals surface area (Å²) in [5.41, 5.74) is 0.0250. The Hall–Kier alpha value is -2.32. The minimum Gasteiger partial charge on any atom is -0.354 e. The first-order chi connectivity index (χ1) is 10.4. The van der Waals surface area contributed by atoms with Gasteiger partial charge in [0.15, 0.2) is 5.69 Å². The van der Waals surface area contributed by atoms with Gasteiger partial charge >= 0.3 is 6.18 Å². The maximum atomic E-state index is 12.4. The second-order valence-electron chi connectivity index (χ2n) is 4.80. The van der Waals surface area contributed by atoms with Crippen LogP contribution in [0.3, 0.4) is 0 Å². The van der Waals surface area contributed by atoms with Gasteiger partial charge in [-0.05, 0) is 25.5 Å². The predicted octanol–water partition coefficient (Wildman–Crippen LogP) is 1.61. The lowest BCUT2D eigenvalue weighted by atomic mass is 10.4. The average molecular weight is 315 g/mol. The highest BCUT2D eigenvalue weighted by Crippen LogP contribution is 2.27. The van der Waals surface area contributed by atoms with E-state index >= 15 is 0 Å². The zero-order chi connectivity index (χ0) is 16.2. The number of aromatic nitrogens is 4. The molecule has 2 aromatic rings. The Morgan fingerprint density at radius 2 is 2.14 bits per heavy atom. The maximum Gasteiger partial charge on any atom is 0.435 e. The molecule has 9 heteroatoms.